The van der Waals surface area contributed by atoms with E-state index >= 15 is 0 Å². The Hall–Kier alpha value is -3.03. The van der Waals surface area contributed by atoms with E-state index in [2.05, 4.69) is 4.98 Å². The van der Waals surface area contributed by atoms with Crippen molar-refractivity contribution < 1.29 is 14.6 Å². The highest BCUT2D eigenvalue weighted by Crippen LogP contribution is 2.36. The van der Waals surface area contributed by atoms with Gasteiger partial charge in [-0.1, -0.05) is 12.1 Å². The van der Waals surface area contributed by atoms with E-state index in [1.807, 2.05) is 0 Å². The SMILES string of the molecule is Cc1cnc(Oc2cccc(C)c2[N+](=O)[O-])c([N+](=O)[O-])c1. The molecule has 0 aliphatic heterocycles. The zero-order valence-electron chi connectivity index (χ0n) is 11.3. The van der Waals surface area contributed by atoms with Crippen LogP contribution in [0.2, 0.25) is 0 Å². The number of nitrogens with zero attached hydrogens (tertiary/aromatic N) is 3. The summed E-state index contributed by atoms with van der Waals surface area (Å²) in [6.45, 7) is 3.21. The van der Waals surface area contributed by atoms with Crippen molar-refractivity contribution in [3.8, 4) is 11.6 Å². The van der Waals surface area contributed by atoms with Crippen LogP contribution in [-0.2, 0) is 0 Å². The van der Waals surface area contributed by atoms with E-state index in [0.29, 0.717) is 11.1 Å². The number of ether oxygens (including phenoxy) is 1. The molecule has 1 aromatic carbocycles. The van der Waals surface area contributed by atoms with E-state index in [1.54, 1.807) is 26.0 Å². The van der Waals surface area contributed by atoms with Crippen LogP contribution in [0.1, 0.15) is 11.1 Å². The molecule has 0 unspecified atom stereocenters. The molecular weight excluding hydrogens is 278 g/mol. The summed E-state index contributed by atoms with van der Waals surface area (Å²) >= 11 is 0. The second-order valence-electron chi connectivity index (χ2n) is 4.37. The summed E-state index contributed by atoms with van der Waals surface area (Å²) in [5, 5.41) is 22.1. The molecule has 0 radical (unpaired) electrons. The Bertz CT molecular complexity index is 730. The highest BCUT2D eigenvalue weighted by molar-refractivity contribution is 5.55. The van der Waals surface area contributed by atoms with Crippen molar-refractivity contribution in [2.45, 2.75) is 13.8 Å². The number of hydrogen-bond donors (Lipinski definition) is 0. The van der Waals surface area contributed by atoms with E-state index < -0.39 is 9.85 Å². The Kier molecular flexibility index (Phi) is 3.79. The van der Waals surface area contributed by atoms with Gasteiger partial charge in [0.25, 0.3) is 5.88 Å². The van der Waals surface area contributed by atoms with E-state index in [1.165, 1.54) is 18.3 Å². The third kappa shape index (κ3) is 2.94. The maximum absolute atomic E-state index is 11.1. The normalized spacial score (nSPS) is 10.2. The summed E-state index contributed by atoms with van der Waals surface area (Å²) in [5.41, 5.74) is 0.403. The summed E-state index contributed by atoms with van der Waals surface area (Å²) in [4.78, 5) is 24.7. The van der Waals surface area contributed by atoms with E-state index in [4.69, 9.17) is 4.74 Å². The van der Waals surface area contributed by atoms with Gasteiger partial charge in [0, 0.05) is 17.8 Å². The number of benzene rings is 1. The van der Waals surface area contributed by atoms with Crippen LogP contribution >= 0.6 is 0 Å². The summed E-state index contributed by atoms with van der Waals surface area (Å²) in [5.74, 6) is -0.362. The predicted octanol–water partition coefficient (Wildman–Crippen LogP) is 3.31. The van der Waals surface area contributed by atoms with Gasteiger partial charge in [0.15, 0.2) is 0 Å². The van der Waals surface area contributed by atoms with E-state index in [9.17, 15) is 20.2 Å². The molecule has 0 spiro atoms. The van der Waals surface area contributed by atoms with E-state index in [0.717, 1.165) is 0 Å². The lowest BCUT2D eigenvalue weighted by atomic mass is 10.2. The van der Waals surface area contributed by atoms with Crippen molar-refractivity contribution in [3.63, 3.8) is 0 Å². The van der Waals surface area contributed by atoms with Crippen LogP contribution in [0.4, 0.5) is 11.4 Å². The molecule has 108 valence electrons. The standard InChI is InChI=1S/C13H11N3O5/c1-8-6-10(15(17)18)13(14-7-8)21-11-5-3-4-9(2)12(11)16(19)20/h3-7H,1-2H3. The third-order valence-corrected chi connectivity index (χ3v) is 2.76. The molecule has 1 heterocycles. The second kappa shape index (κ2) is 5.53. The first-order valence-corrected chi connectivity index (χ1v) is 5.93. The van der Waals surface area contributed by atoms with Gasteiger partial charge in [-0.05, 0) is 25.5 Å². The van der Waals surface area contributed by atoms with Crippen LogP contribution in [-0.4, -0.2) is 14.8 Å². The van der Waals surface area contributed by atoms with Gasteiger partial charge in [-0.15, -0.1) is 0 Å². The molecule has 0 amide bonds. The third-order valence-electron chi connectivity index (χ3n) is 2.76. The zero-order chi connectivity index (χ0) is 15.6. The molecule has 8 nitrogen and oxygen atoms in total. The molecular formula is C13H11N3O5. The highest BCUT2D eigenvalue weighted by Gasteiger charge is 2.23. The minimum absolute atomic E-state index is 0.0838. The molecule has 2 rings (SSSR count). The topological polar surface area (TPSA) is 108 Å². The van der Waals surface area contributed by atoms with Crippen molar-refractivity contribution in [1.29, 1.82) is 0 Å². The first-order valence-electron chi connectivity index (χ1n) is 5.93. The van der Waals surface area contributed by atoms with Gasteiger partial charge in [0.2, 0.25) is 5.75 Å². The average molecular weight is 289 g/mol. The van der Waals surface area contributed by atoms with Gasteiger partial charge >= 0.3 is 11.4 Å². The molecule has 0 aliphatic rings. The maximum Gasteiger partial charge on any atom is 0.331 e. The number of rotatable bonds is 4. The van der Waals surface area contributed by atoms with Gasteiger partial charge in [-0.25, -0.2) is 4.98 Å². The van der Waals surface area contributed by atoms with Crippen LogP contribution in [0, 0.1) is 34.1 Å². The van der Waals surface area contributed by atoms with Crippen LogP contribution in [0.25, 0.3) is 0 Å². The van der Waals surface area contributed by atoms with Gasteiger partial charge in [-0.3, -0.25) is 20.2 Å². The van der Waals surface area contributed by atoms with Crippen LogP contribution < -0.4 is 4.74 Å². The minimum Gasteiger partial charge on any atom is -0.426 e. The van der Waals surface area contributed by atoms with Gasteiger partial charge in [-0.2, -0.15) is 0 Å². The van der Waals surface area contributed by atoms with Crippen molar-refractivity contribution in [2.75, 3.05) is 0 Å². The molecule has 21 heavy (non-hydrogen) atoms. The molecule has 8 heteroatoms. The lowest BCUT2D eigenvalue weighted by Crippen LogP contribution is -2.00. The summed E-state index contributed by atoms with van der Waals surface area (Å²) in [6.07, 6.45) is 1.39. The summed E-state index contributed by atoms with van der Waals surface area (Å²) in [6, 6.07) is 5.79. The number of pyridine rings is 1. The fourth-order valence-corrected chi connectivity index (χ4v) is 1.80. The second-order valence-corrected chi connectivity index (χ2v) is 4.37. The Morgan fingerprint density at radius 3 is 2.48 bits per heavy atom. The summed E-state index contributed by atoms with van der Waals surface area (Å²) < 4.78 is 5.30. The van der Waals surface area contributed by atoms with Gasteiger partial charge in [0.05, 0.1) is 9.85 Å². The van der Waals surface area contributed by atoms with Gasteiger partial charge in [0.1, 0.15) is 0 Å². The molecule has 2 aromatic rings. The van der Waals surface area contributed by atoms with Crippen LogP contribution in [0.5, 0.6) is 11.6 Å². The highest BCUT2D eigenvalue weighted by atomic mass is 16.6. The van der Waals surface area contributed by atoms with Crippen molar-refractivity contribution in [1.82, 2.24) is 4.98 Å². The fourth-order valence-electron chi connectivity index (χ4n) is 1.80. The molecule has 0 fully saturated rings. The molecule has 0 aliphatic carbocycles. The Balaban J connectivity index is 2.51. The Morgan fingerprint density at radius 1 is 1.14 bits per heavy atom. The molecule has 0 saturated heterocycles. The zero-order valence-corrected chi connectivity index (χ0v) is 11.3. The fraction of sp³-hybridized carbons (Fsp3) is 0.154. The largest absolute Gasteiger partial charge is 0.426 e. The van der Waals surface area contributed by atoms with Crippen molar-refractivity contribution in [3.05, 3.63) is 61.8 Å². The number of nitro groups is 2. The molecule has 0 bridgehead atoms. The van der Waals surface area contributed by atoms with Crippen LogP contribution in [0.3, 0.4) is 0 Å². The van der Waals surface area contributed by atoms with Gasteiger partial charge < -0.3 is 4.74 Å². The first kappa shape index (κ1) is 14.4. The first-order chi connectivity index (χ1) is 9.90. The summed E-state index contributed by atoms with van der Waals surface area (Å²) in [7, 11) is 0. The minimum atomic E-state index is -0.642. The number of nitro benzene ring substituents is 1. The molecule has 1 aromatic heterocycles. The van der Waals surface area contributed by atoms with E-state index in [-0.39, 0.29) is 23.0 Å². The van der Waals surface area contributed by atoms with Crippen molar-refractivity contribution >= 4 is 11.4 Å². The predicted molar refractivity (Wildman–Crippen MR) is 73.5 cm³/mol. The Labute approximate surface area is 119 Å². The quantitative estimate of drug-likeness (QED) is 0.631. The monoisotopic (exact) mass is 289 g/mol. The van der Waals surface area contributed by atoms with Crippen LogP contribution in [0.15, 0.2) is 30.5 Å². The lowest BCUT2D eigenvalue weighted by Gasteiger charge is -2.07. The Morgan fingerprint density at radius 2 is 1.86 bits per heavy atom. The number of aryl methyl sites for hydroxylation is 2. The average Bonchev–Trinajstić information content (AvgIpc) is 2.40. The number of hydrogen-bond acceptors (Lipinski definition) is 6. The maximum atomic E-state index is 11.1. The lowest BCUT2D eigenvalue weighted by molar-refractivity contribution is -0.388. The molecule has 0 saturated carbocycles. The molecule has 0 atom stereocenters. The van der Waals surface area contributed by atoms with Crippen molar-refractivity contribution in [2.24, 2.45) is 0 Å². The smallest absolute Gasteiger partial charge is 0.331 e. The number of aromatic nitrogens is 1. The molecule has 0 N–H and O–H groups in total. The number of para-hydroxylation sites is 1.